The van der Waals surface area contributed by atoms with Gasteiger partial charge in [0.1, 0.15) is 11.4 Å². The Balaban J connectivity index is 1.86. The van der Waals surface area contributed by atoms with Crippen LogP contribution < -0.4 is 0 Å². The van der Waals surface area contributed by atoms with Gasteiger partial charge in [0.15, 0.2) is 11.6 Å². The Labute approximate surface area is 172 Å². The monoisotopic (exact) mass is 386 g/mol. The first-order valence-electron chi connectivity index (χ1n) is 9.83. The molecule has 2 aromatic heterocycles. The van der Waals surface area contributed by atoms with Crippen LogP contribution in [0, 0.1) is 0 Å². The lowest BCUT2D eigenvalue weighted by Gasteiger charge is -2.21. The number of benzene rings is 1. The normalized spacial score (nSPS) is 11.4. The molecule has 0 N–H and O–H groups in total. The summed E-state index contributed by atoms with van der Waals surface area (Å²) in [6.45, 7) is 6.48. The number of Topliss-reactive ketones (excluding diaryl/α,β-unsaturated/α-hetero) is 2. The van der Waals surface area contributed by atoms with Crippen molar-refractivity contribution in [3.05, 3.63) is 95.6 Å². The smallest absolute Gasteiger partial charge is 0.181 e. The van der Waals surface area contributed by atoms with Gasteiger partial charge in [0, 0.05) is 25.2 Å². The van der Waals surface area contributed by atoms with Crippen LogP contribution >= 0.6 is 0 Å². The third kappa shape index (κ3) is 5.44. The van der Waals surface area contributed by atoms with Gasteiger partial charge in [0.05, 0.1) is 0 Å². The van der Waals surface area contributed by atoms with E-state index in [0.717, 1.165) is 5.56 Å². The molecule has 4 nitrogen and oxygen atoms in total. The van der Waals surface area contributed by atoms with E-state index in [2.05, 4.69) is 42.9 Å². The fourth-order valence-corrected chi connectivity index (χ4v) is 3.28. The van der Waals surface area contributed by atoms with Crippen LogP contribution in [0.25, 0.3) is 0 Å². The third-order valence-electron chi connectivity index (χ3n) is 5.01. The van der Waals surface area contributed by atoms with Crippen LogP contribution in [0.4, 0.5) is 0 Å². The molecule has 0 unspecified atom stereocenters. The van der Waals surface area contributed by atoms with E-state index < -0.39 is 0 Å². The van der Waals surface area contributed by atoms with Crippen molar-refractivity contribution in [3.63, 3.8) is 0 Å². The molecule has 0 saturated heterocycles. The highest BCUT2D eigenvalue weighted by atomic mass is 16.1. The Morgan fingerprint density at radius 3 is 1.62 bits per heavy atom. The van der Waals surface area contributed by atoms with Crippen molar-refractivity contribution in [1.29, 1.82) is 0 Å². The number of pyridine rings is 2. The molecule has 0 saturated carbocycles. The van der Waals surface area contributed by atoms with Gasteiger partial charge < -0.3 is 0 Å². The summed E-state index contributed by atoms with van der Waals surface area (Å²) in [5.74, 6) is -0.360. The predicted octanol–water partition coefficient (Wildman–Crippen LogP) is 5.40. The van der Waals surface area contributed by atoms with Gasteiger partial charge in [-0.1, -0.05) is 57.2 Å². The zero-order valence-electron chi connectivity index (χ0n) is 17.1. The molecule has 1 aromatic carbocycles. The van der Waals surface area contributed by atoms with Crippen molar-refractivity contribution in [3.8, 4) is 0 Å². The molecule has 29 heavy (non-hydrogen) atoms. The Kier molecular flexibility index (Phi) is 6.32. The molecule has 3 rings (SSSR count). The Morgan fingerprint density at radius 2 is 1.24 bits per heavy atom. The molecule has 0 atom stereocenters. The molecular formula is C25H26N2O2. The van der Waals surface area contributed by atoms with E-state index in [9.17, 15) is 9.59 Å². The van der Waals surface area contributed by atoms with E-state index in [0.29, 0.717) is 11.4 Å². The topological polar surface area (TPSA) is 59.9 Å². The lowest BCUT2D eigenvalue weighted by Crippen LogP contribution is -2.15. The summed E-state index contributed by atoms with van der Waals surface area (Å²) in [5.41, 5.74) is 3.09. The van der Waals surface area contributed by atoms with E-state index >= 15 is 0 Å². The fraction of sp³-hybridized carbons (Fsp3) is 0.280. The van der Waals surface area contributed by atoms with Gasteiger partial charge >= 0.3 is 0 Å². The summed E-state index contributed by atoms with van der Waals surface area (Å²) in [6.07, 6.45) is 3.67. The molecule has 0 aliphatic heterocycles. The number of rotatable bonds is 7. The molecular weight excluding hydrogens is 360 g/mol. The minimum Gasteiger partial charge on any atom is -0.292 e. The highest BCUT2D eigenvalue weighted by Gasteiger charge is 2.23. The molecule has 2 heterocycles. The number of carbonyl (C=O) groups is 2. The number of carbonyl (C=O) groups excluding carboxylic acids is 2. The largest absolute Gasteiger partial charge is 0.292 e. The number of hydrogen-bond acceptors (Lipinski definition) is 4. The van der Waals surface area contributed by atoms with Gasteiger partial charge in [0.2, 0.25) is 0 Å². The number of aromatic nitrogens is 2. The third-order valence-corrected chi connectivity index (χ3v) is 5.01. The van der Waals surface area contributed by atoms with Crippen molar-refractivity contribution in [2.45, 2.75) is 44.9 Å². The van der Waals surface area contributed by atoms with Gasteiger partial charge in [-0.3, -0.25) is 19.6 Å². The second-order valence-electron chi connectivity index (χ2n) is 8.25. The van der Waals surface area contributed by atoms with Gasteiger partial charge in [-0.15, -0.1) is 0 Å². The van der Waals surface area contributed by atoms with Crippen molar-refractivity contribution < 1.29 is 9.59 Å². The van der Waals surface area contributed by atoms with Crippen molar-refractivity contribution >= 4 is 11.6 Å². The SMILES string of the molecule is CC(C)(C)c1ccc(C(CC(=O)c2ccccn2)CC(=O)c2ccccn2)cc1. The first-order chi connectivity index (χ1) is 13.8. The zero-order valence-corrected chi connectivity index (χ0v) is 17.1. The Morgan fingerprint density at radius 1 is 0.759 bits per heavy atom. The highest BCUT2D eigenvalue weighted by Crippen LogP contribution is 2.29. The molecule has 0 aliphatic rings. The molecule has 0 amide bonds. The number of nitrogens with zero attached hydrogens (tertiary/aromatic N) is 2. The van der Waals surface area contributed by atoms with Crippen LogP contribution in [0.15, 0.2) is 73.1 Å². The summed E-state index contributed by atoms with van der Waals surface area (Å²) < 4.78 is 0. The summed E-state index contributed by atoms with van der Waals surface area (Å²) in [7, 11) is 0. The number of hydrogen-bond donors (Lipinski definition) is 0. The van der Waals surface area contributed by atoms with Gasteiger partial charge in [0.25, 0.3) is 0 Å². The van der Waals surface area contributed by atoms with Crippen LogP contribution in [0.2, 0.25) is 0 Å². The van der Waals surface area contributed by atoms with Crippen LogP contribution in [-0.4, -0.2) is 21.5 Å². The van der Waals surface area contributed by atoms with E-state index in [4.69, 9.17) is 0 Å². The van der Waals surface area contributed by atoms with Gasteiger partial charge in [-0.25, -0.2) is 0 Å². The first kappa shape index (κ1) is 20.6. The molecule has 0 spiro atoms. The Bertz CT molecular complexity index is 906. The zero-order chi connectivity index (χ0) is 20.9. The first-order valence-corrected chi connectivity index (χ1v) is 9.83. The maximum Gasteiger partial charge on any atom is 0.181 e. The van der Waals surface area contributed by atoms with Crippen molar-refractivity contribution in [2.75, 3.05) is 0 Å². The maximum absolute atomic E-state index is 12.8. The van der Waals surface area contributed by atoms with Crippen LogP contribution in [0.1, 0.15) is 71.6 Å². The summed E-state index contributed by atoms with van der Waals surface area (Å²) in [4.78, 5) is 33.9. The van der Waals surface area contributed by atoms with Crippen molar-refractivity contribution in [1.82, 2.24) is 9.97 Å². The molecule has 0 radical (unpaired) electrons. The molecule has 0 bridgehead atoms. The molecule has 3 aromatic rings. The van der Waals surface area contributed by atoms with E-state index in [1.54, 1.807) is 48.8 Å². The average Bonchev–Trinajstić information content (AvgIpc) is 2.74. The van der Waals surface area contributed by atoms with Gasteiger partial charge in [-0.2, -0.15) is 0 Å². The quantitative estimate of drug-likeness (QED) is 0.510. The van der Waals surface area contributed by atoms with Crippen LogP contribution in [0.3, 0.4) is 0 Å². The van der Waals surface area contributed by atoms with E-state index in [-0.39, 0.29) is 35.7 Å². The lowest BCUT2D eigenvalue weighted by atomic mass is 9.83. The lowest BCUT2D eigenvalue weighted by molar-refractivity contribution is 0.0939. The summed E-state index contributed by atoms with van der Waals surface area (Å²) in [6, 6.07) is 18.8. The van der Waals surface area contributed by atoms with Crippen LogP contribution in [0.5, 0.6) is 0 Å². The van der Waals surface area contributed by atoms with Crippen LogP contribution in [-0.2, 0) is 5.41 Å². The fourth-order valence-electron chi connectivity index (χ4n) is 3.28. The minimum atomic E-state index is -0.229. The molecule has 4 heteroatoms. The van der Waals surface area contributed by atoms with Gasteiger partial charge in [-0.05, 0) is 46.7 Å². The summed E-state index contributed by atoms with van der Waals surface area (Å²) in [5, 5.41) is 0. The van der Waals surface area contributed by atoms with Crippen molar-refractivity contribution in [2.24, 2.45) is 0 Å². The standard InChI is InChI=1S/C25H26N2O2/c1-25(2,3)20-12-10-18(11-13-20)19(16-23(28)21-8-4-6-14-26-21)17-24(29)22-9-5-7-15-27-22/h4-15,19H,16-17H2,1-3H3. The maximum atomic E-state index is 12.8. The molecule has 0 fully saturated rings. The second-order valence-corrected chi connectivity index (χ2v) is 8.25. The Hall–Kier alpha value is -3.14. The highest BCUT2D eigenvalue weighted by molar-refractivity contribution is 5.97. The number of ketones is 2. The summed E-state index contributed by atoms with van der Waals surface area (Å²) >= 11 is 0. The predicted molar refractivity (Wildman–Crippen MR) is 114 cm³/mol. The molecule has 0 aliphatic carbocycles. The van der Waals surface area contributed by atoms with E-state index in [1.807, 2.05) is 12.1 Å². The average molecular weight is 386 g/mol. The van der Waals surface area contributed by atoms with E-state index in [1.165, 1.54) is 5.56 Å². The molecule has 148 valence electrons. The minimum absolute atomic E-state index is 0.0432. The second kappa shape index (κ2) is 8.91.